The van der Waals surface area contributed by atoms with Gasteiger partial charge in [0, 0.05) is 12.4 Å². The summed E-state index contributed by atoms with van der Waals surface area (Å²) in [5.74, 6) is -1.82. The van der Waals surface area contributed by atoms with E-state index >= 15 is 0 Å². The number of hydrogen-bond acceptors (Lipinski definition) is 6. The van der Waals surface area contributed by atoms with Crippen LogP contribution < -0.4 is 4.74 Å². The third kappa shape index (κ3) is 5.59. The van der Waals surface area contributed by atoms with Gasteiger partial charge in [0.1, 0.15) is 29.7 Å². The van der Waals surface area contributed by atoms with E-state index in [1.807, 2.05) is 23.0 Å². The van der Waals surface area contributed by atoms with Crippen molar-refractivity contribution in [3.05, 3.63) is 47.3 Å². The van der Waals surface area contributed by atoms with Gasteiger partial charge >= 0.3 is 13.1 Å². The summed E-state index contributed by atoms with van der Waals surface area (Å²) in [7, 11) is -1.55. The van der Waals surface area contributed by atoms with E-state index in [-0.39, 0.29) is 48.2 Å². The molecule has 166 valence electrons. The maximum Gasteiger partial charge on any atom is 0.451 e. The van der Waals surface area contributed by atoms with E-state index in [9.17, 15) is 19.8 Å². The largest absolute Gasteiger partial charge is 0.507 e. The molecule has 0 saturated carbocycles. The van der Waals surface area contributed by atoms with Gasteiger partial charge < -0.3 is 34.5 Å². The van der Waals surface area contributed by atoms with E-state index in [1.165, 1.54) is 17.7 Å². The summed E-state index contributed by atoms with van der Waals surface area (Å²) in [5.41, 5.74) is 1.11. The Kier molecular flexibility index (Phi) is 7.24. The highest BCUT2D eigenvalue weighted by molar-refractivity contribution is 6.41. The number of likely N-dealkylation sites (tertiary alicyclic amines) is 1. The second-order valence-corrected chi connectivity index (χ2v) is 7.75. The van der Waals surface area contributed by atoms with Gasteiger partial charge in [-0.1, -0.05) is 19.4 Å². The summed E-state index contributed by atoms with van der Waals surface area (Å²) in [6.07, 6.45) is 5.57. The van der Waals surface area contributed by atoms with Crippen molar-refractivity contribution in [3.8, 4) is 11.5 Å². The summed E-state index contributed by atoms with van der Waals surface area (Å²) >= 11 is 0. The molecule has 0 aliphatic carbocycles. The number of amides is 1. The van der Waals surface area contributed by atoms with Gasteiger partial charge in [-0.25, -0.2) is 4.79 Å². The van der Waals surface area contributed by atoms with Crippen LogP contribution in [0.4, 0.5) is 0 Å². The number of ether oxygens (including phenoxy) is 1. The van der Waals surface area contributed by atoms with Crippen LogP contribution in [0, 0.1) is 0 Å². The number of aromatic nitrogens is 1. The van der Waals surface area contributed by atoms with Crippen LogP contribution in [0.5, 0.6) is 11.5 Å². The van der Waals surface area contributed by atoms with Crippen molar-refractivity contribution < 1.29 is 34.6 Å². The number of aromatic hydroxyl groups is 1. The predicted octanol–water partition coefficient (Wildman–Crippen LogP) is 1.15. The normalized spacial score (nSPS) is 13.7. The van der Waals surface area contributed by atoms with Crippen LogP contribution in [-0.4, -0.2) is 67.9 Å². The lowest BCUT2D eigenvalue weighted by atomic mass is 9.82. The number of phenols is 1. The van der Waals surface area contributed by atoms with Gasteiger partial charge in [0.05, 0.1) is 13.1 Å². The topological polar surface area (TPSA) is 132 Å². The Balaban J connectivity index is 1.58. The minimum absolute atomic E-state index is 0.0185. The molecule has 4 N–H and O–H groups in total. The number of carbonyl (C=O) groups excluding carboxylic acids is 1. The van der Waals surface area contributed by atoms with Gasteiger partial charge in [-0.15, -0.1) is 0 Å². The zero-order valence-corrected chi connectivity index (χ0v) is 17.4. The van der Waals surface area contributed by atoms with Crippen molar-refractivity contribution in [2.45, 2.75) is 45.2 Å². The molecule has 1 saturated heterocycles. The SMILES string of the molecule is CCCc1ccn(CC(=O)N2CC(Oc3ccc(CCB(O)O)c(O)c3C(=O)O)C2)c1. The minimum atomic E-state index is -1.55. The second-order valence-electron chi connectivity index (χ2n) is 7.75. The van der Waals surface area contributed by atoms with E-state index in [2.05, 4.69) is 6.92 Å². The molecule has 1 fully saturated rings. The quantitative estimate of drug-likeness (QED) is 0.416. The van der Waals surface area contributed by atoms with Crippen LogP contribution in [0.1, 0.15) is 34.8 Å². The summed E-state index contributed by atoms with van der Waals surface area (Å²) < 4.78 is 7.58. The van der Waals surface area contributed by atoms with Gasteiger partial charge in [0.2, 0.25) is 5.91 Å². The highest BCUT2D eigenvalue weighted by Gasteiger charge is 2.33. The van der Waals surface area contributed by atoms with Gasteiger partial charge in [-0.2, -0.15) is 0 Å². The molecule has 0 unspecified atom stereocenters. The Morgan fingerprint density at radius 2 is 1.94 bits per heavy atom. The molecule has 1 aliphatic rings. The third-order valence-electron chi connectivity index (χ3n) is 5.27. The molecule has 31 heavy (non-hydrogen) atoms. The first-order valence-electron chi connectivity index (χ1n) is 10.3. The Morgan fingerprint density at radius 1 is 1.19 bits per heavy atom. The molecule has 0 atom stereocenters. The first-order valence-corrected chi connectivity index (χ1v) is 10.3. The number of carbonyl (C=O) groups is 2. The van der Waals surface area contributed by atoms with E-state index in [4.69, 9.17) is 14.8 Å². The summed E-state index contributed by atoms with van der Waals surface area (Å²) in [6, 6.07) is 4.95. The Bertz CT molecular complexity index is 938. The van der Waals surface area contributed by atoms with Crippen LogP contribution in [0.2, 0.25) is 6.32 Å². The zero-order valence-electron chi connectivity index (χ0n) is 17.4. The first-order chi connectivity index (χ1) is 14.8. The van der Waals surface area contributed by atoms with Crippen LogP contribution in [-0.2, 0) is 24.2 Å². The number of carboxylic acid groups (broad SMARTS) is 1. The fourth-order valence-corrected chi connectivity index (χ4v) is 3.58. The highest BCUT2D eigenvalue weighted by Crippen LogP contribution is 2.34. The Hall–Kier alpha value is -2.98. The average molecular weight is 430 g/mol. The number of aryl methyl sites for hydroxylation is 2. The van der Waals surface area contributed by atoms with Gasteiger partial charge in [0.25, 0.3) is 0 Å². The van der Waals surface area contributed by atoms with E-state index in [0.29, 0.717) is 13.1 Å². The lowest BCUT2D eigenvalue weighted by molar-refractivity contribution is -0.140. The Morgan fingerprint density at radius 3 is 2.58 bits per heavy atom. The van der Waals surface area contributed by atoms with Crippen LogP contribution in [0.3, 0.4) is 0 Å². The average Bonchev–Trinajstić information content (AvgIpc) is 3.10. The lowest BCUT2D eigenvalue weighted by Gasteiger charge is -2.39. The van der Waals surface area contributed by atoms with E-state index in [1.54, 1.807) is 4.90 Å². The van der Waals surface area contributed by atoms with Crippen molar-refractivity contribution in [3.63, 3.8) is 0 Å². The third-order valence-corrected chi connectivity index (χ3v) is 5.27. The molecule has 1 amide bonds. The van der Waals surface area contributed by atoms with Gasteiger partial charge in [-0.3, -0.25) is 4.79 Å². The number of benzene rings is 1. The molecule has 0 radical (unpaired) electrons. The molecule has 1 aromatic heterocycles. The maximum atomic E-state index is 12.4. The van der Waals surface area contributed by atoms with E-state index < -0.39 is 18.8 Å². The van der Waals surface area contributed by atoms with Crippen LogP contribution in [0.15, 0.2) is 30.6 Å². The highest BCUT2D eigenvalue weighted by atomic mass is 16.5. The van der Waals surface area contributed by atoms with Crippen molar-refractivity contribution in [1.82, 2.24) is 9.47 Å². The monoisotopic (exact) mass is 430 g/mol. The predicted molar refractivity (Wildman–Crippen MR) is 113 cm³/mol. The molecule has 0 spiro atoms. The number of rotatable bonds is 10. The van der Waals surface area contributed by atoms with Crippen molar-refractivity contribution in [2.24, 2.45) is 0 Å². The first kappa shape index (κ1) is 22.7. The number of hydrogen-bond donors (Lipinski definition) is 4. The number of carboxylic acids is 1. The minimum Gasteiger partial charge on any atom is -0.507 e. The fourth-order valence-electron chi connectivity index (χ4n) is 3.58. The summed E-state index contributed by atoms with van der Waals surface area (Å²) in [5, 5.41) is 37.8. The molecular weight excluding hydrogens is 403 g/mol. The Labute approximate surface area is 180 Å². The molecule has 1 aromatic carbocycles. The smallest absolute Gasteiger partial charge is 0.451 e. The fraction of sp³-hybridized carbons (Fsp3) is 0.429. The van der Waals surface area contributed by atoms with E-state index in [0.717, 1.165) is 12.8 Å². The van der Waals surface area contributed by atoms with Crippen molar-refractivity contribution >= 4 is 19.0 Å². The molecule has 0 bridgehead atoms. The molecule has 1 aliphatic heterocycles. The number of aromatic carboxylic acids is 1. The van der Waals surface area contributed by atoms with Crippen LogP contribution in [0.25, 0.3) is 0 Å². The molecular formula is C21H27BN2O7. The standard InChI is InChI=1S/C21H27BN2O7/c1-2-3-14-7-9-23(10-14)13-18(25)24-11-16(12-24)31-17-5-4-15(6-8-22(29)30)20(26)19(17)21(27)28/h4-5,7,9-10,16,26,29-30H,2-3,6,8,11-13H2,1H3,(H,27,28). The summed E-state index contributed by atoms with van der Waals surface area (Å²) in [6.45, 7) is 3.01. The van der Waals surface area contributed by atoms with Gasteiger partial charge in [0.15, 0.2) is 0 Å². The van der Waals surface area contributed by atoms with Crippen LogP contribution >= 0.6 is 0 Å². The maximum absolute atomic E-state index is 12.4. The molecule has 2 heterocycles. The molecule has 2 aromatic rings. The molecule has 10 heteroatoms. The lowest BCUT2D eigenvalue weighted by Crippen LogP contribution is -2.57. The zero-order chi connectivity index (χ0) is 22.5. The van der Waals surface area contributed by atoms with Gasteiger partial charge in [-0.05, 0) is 42.4 Å². The number of nitrogens with zero attached hydrogens (tertiary/aromatic N) is 2. The van der Waals surface area contributed by atoms with Crippen molar-refractivity contribution in [2.75, 3.05) is 13.1 Å². The second kappa shape index (κ2) is 9.89. The molecule has 3 rings (SSSR count). The summed E-state index contributed by atoms with van der Waals surface area (Å²) in [4.78, 5) is 25.7. The van der Waals surface area contributed by atoms with Crippen molar-refractivity contribution in [1.29, 1.82) is 0 Å². The molecule has 9 nitrogen and oxygen atoms in total.